The van der Waals surface area contributed by atoms with E-state index in [0.29, 0.717) is 5.75 Å². The highest BCUT2D eigenvalue weighted by Crippen LogP contribution is 2.49. The quantitative estimate of drug-likeness (QED) is 0.247. The van der Waals surface area contributed by atoms with E-state index < -0.39 is 66.9 Å². The predicted molar refractivity (Wildman–Crippen MR) is 142 cm³/mol. The van der Waals surface area contributed by atoms with Gasteiger partial charge < -0.3 is 28.4 Å². The lowest BCUT2D eigenvalue weighted by molar-refractivity contribution is -0.291. The van der Waals surface area contributed by atoms with Gasteiger partial charge in [-0.25, -0.2) is 14.3 Å². The third-order valence-corrected chi connectivity index (χ3v) is 7.85. The highest BCUT2D eigenvalue weighted by molar-refractivity contribution is 8.09. The number of nitrogens with zero attached hydrogens (tertiary/aromatic N) is 1. The molecule has 1 aromatic carbocycles. The number of nitrogens with one attached hydrogen (secondary N) is 2. The van der Waals surface area contributed by atoms with Crippen LogP contribution in [0.25, 0.3) is 0 Å². The second-order valence-electron chi connectivity index (χ2n) is 9.41. The number of esters is 1. The molecule has 216 valence electrons. The lowest BCUT2D eigenvalue weighted by atomic mass is 10.1. The zero-order chi connectivity index (χ0) is 29.0. The number of ether oxygens (including phenoxy) is 3. The van der Waals surface area contributed by atoms with Gasteiger partial charge in [-0.15, -0.1) is 0 Å². The van der Waals surface area contributed by atoms with Gasteiger partial charge in [-0.05, 0) is 58.6 Å². The fourth-order valence-electron chi connectivity index (χ4n) is 3.73. The number of para-hydroxylation sites is 1. The summed E-state index contributed by atoms with van der Waals surface area (Å²) in [6.07, 6.45) is -5.68. The molecular weight excluding hydrogens is 556 g/mol. The highest BCUT2D eigenvalue weighted by atomic mass is 32.5. The van der Waals surface area contributed by atoms with E-state index in [1.54, 1.807) is 58.0 Å². The van der Waals surface area contributed by atoms with Crippen molar-refractivity contribution in [2.75, 3.05) is 6.61 Å². The van der Waals surface area contributed by atoms with Crippen molar-refractivity contribution in [3.8, 4) is 5.75 Å². The van der Waals surface area contributed by atoms with Crippen LogP contribution in [0.15, 0.2) is 52.2 Å². The zero-order valence-electron chi connectivity index (χ0n) is 22.1. The molecule has 1 aliphatic heterocycles. The SMILES string of the molecule is CC(C)OC(=O)C(C)NP(=S)(OCC1(OC(C)C)OC(n2ccc(=O)[nH]c2=O)C(F)C1O)Oc1ccccc1. The number of H-pyrrole nitrogens is 1. The Morgan fingerprint density at radius 3 is 2.46 bits per heavy atom. The molecule has 2 aromatic rings. The standard InChI is InChI=1S/C24H33FN3O9PS/c1-14(2)34-22(31)16(5)27-38(39,37-17-9-7-6-8-10-17)33-13-24(35-15(3)4)20(30)19(25)21(36-24)28-12-11-18(29)26-23(28)32/h6-12,14-16,19-21,30H,13H2,1-5H3,(H,27,39)(H,26,29,32). The molecule has 1 saturated heterocycles. The summed E-state index contributed by atoms with van der Waals surface area (Å²) in [4.78, 5) is 38.3. The van der Waals surface area contributed by atoms with Gasteiger partial charge in [-0.2, -0.15) is 0 Å². The number of halogens is 1. The van der Waals surface area contributed by atoms with Crippen molar-refractivity contribution in [3.05, 3.63) is 63.4 Å². The number of aromatic nitrogens is 2. The van der Waals surface area contributed by atoms with E-state index in [1.165, 1.54) is 6.92 Å². The number of hydrogen-bond acceptors (Lipinski definition) is 10. The first-order valence-electron chi connectivity index (χ1n) is 12.2. The zero-order valence-corrected chi connectivity index (χ0v) is 23.8. The van der Waals surface area contributed by atoms with Crippen LogP contribution in [0.4, 0.5) is 4.39 Å². The number of aliphatic hydroxyl groups is 1. The van der Waals surface area contributed by atoms with Crippen LogP contribution in [-0.4, -0.2) is 63.5 Å². The molecule has 0 amide bonds. The predicted octanol–water partition coefficient (Wildman–Crippen LogP) is 2.14. The molecule has 0 radical (unpaired) electrons. The van der Waals surface area contributed by atoms with Crippen LogP contribution in [0, 0.1) is 0 Å². The summed E-state index contributed by atoms with van der Waals surface area (Å²) in [6.45, 7) is 3.90. The van der Waals surface area contributed by atoms with Gasteiger partial charge in [0.15, 0.2) is 12.4 Å². The van der Waals surface area contributed by atoms with Crippen molar-refractivity contribution in [1.82, 2.24) is 14.6 Å². The number of aromatic amines is 1. The molecule has 1 aliphatic rings. The molecule has 12 nitrogen and oxygen atoms in total. The Bertz CT molecular complexity index is 1290. The van der Waals surface area contributed by atoms with Crippen LogP contribution < -0.4 is 20.9 Å². The van der Waals surface area contributed by atoms with E-state index in [0.717, 1.165) is 16.8 Å². The molecule has 2 heterocycles. The lowest BCUT2D eigenvalue weighted by Gasteiger charge is -2.35. The molecule has 0 aliphatic carbocycles. The largest absolute Gasteiger partial charge is 0.462 e. The number of alkyl halides is 1. The van der Waals surface area contributed by atoms with Crippen molar-refractivity contribution in [2.24, 2.45) is 0 Å². The van der Waals surface area contributed by atoms with Gasteiger partial charge in [0.1, 0.15) is 24.5 Å². The van der Waals surface area contributed by atoms with E-state index in [-0.39, 0.29) is 6.10 Å². The monoisotopic (exact) mass is 589 g/mol. The second kappa shape index (κ2) is 12.8. The Hall–Kier alpha value is -2.45. The van der Waals surface area contributed by atoms with Crippen LogP contribution in [0.5, 0.6) is 5.75 Å². The van der Waals surface area contributed by atoms with E-state index in [1.807, 2.05) is 4.98 Å². The maximum Gasteiger partial charge on any atom is 0.330 e. The third-order valence-electron chi connectivity index (χ3n) is 5.37. The maximum atomic E-state index is 15.4. The number of aliphatic hydroxyl groups excluding tert-OH is 1. The Labute approximate surface area is 229 Å². The molecule has 0 bridgehead atoms. The summed E-state index contributed by atoms with van der Waals surface area (Å²) in [6, 6.07) is 8.49. The summed E-state index contributed by atoms with van der Waals surface area (Å²) < 4.78 is 45.0. The number of benzene rings is 1. The van der Waals surface area contributed by atoms with Crippen molar-refractivity contribution < 1.29 is 37.5 Å². The topological polar surface area (TPSA) is 150 Å². The molecule has 0 saturated carbocycles. The summed E-state index contributed by atoms with van der Waals surface area (Å²) in [5, 5.41) is 13.8. The van der Waals surface area contributed by atoms with Crippen LogP contribution in [-0.2, 0) is 35.3 Å². The summed E-state index contributed by atoms with van der Waals surface area (Å²) in [5.74, 6) is -2.42. The minimum atomic E-state index is -3.61. The summed E-state index contributed by atoms with van der Waals surface area (Å²) >= 11 is 5.68. The van der Waals surface area contributed by atoms with Crippen molar-refractivity contribution in [1.29, 1.82) is 0 Å². The minimum absolute atomic E-state index is 0.325. The van der Waals surface area contributed by atoms with Crippen molar-refractivity contribution in [3.63, 3.8) is 0 Å². The molecule has 6 atom stereocenters. The fourth-order valence-corrected chi connectivity index (χ4v) is 6.13. The number of carbonyl (C=O) groups is 1. The Kier molecular flexibility index (Phi) is 10.2. The molecule has 1 aromatic heterocycles. The average Bonchev–Trinajstić information content (AvgIpc) is 3.08. The van der Waals surface area contributed by atoms with Gasteiger partial charge in [-0.3, -0.25) is 19.1 Å². The first kappa shape index (κ1) is 31.1. The normalized spacial score (nSPS) is 25.4. The number of rotatable bonds is 12. The van der Waals surface area contributed by atoms with Gasteiger partial charge in [0.05, 0.1) is 12.2 Å². The van der Waals surface area contributed by atoms with Crippen molar-refractivity contribution >= 4 is 24.4 Å². The molecule has 0 spiro atoms. The smallest absolute Gasteiger partial charge is 0.330 e. The van der Waals surface area contributed by atoms with E-state index >= 15 is 4.39 Å². The molecule has 3 N–H and O–H groups in total. The maximum absolute atomic E-state index is 15.4. The van der Waals surface area contributed by atoms with Crippen LogP contribution in [0.2, 0.25) is 0 Å². The Balaban J connectivity index is 1.92. The molecule has 39 heavy (non-hydrogen) atoms. The number of hydrogen-bond donors (Lipinski definition) is 3. The Morgan fingerprint density at radius 1 is 1.21 bits per heavy atom. The lowest BCUT2D eigenvalue weighted by Crippen LogP contribution is -2.50. The van der Waals surface area contributed by atoms with Gasteiger partial charge in [0.25, 0.3) is 5.56 Å². The third kappa shape index (κ3) is 7.82. The first-order valence-corrected chi connectivity index (χ1v) is 14.9. The highest BCUT2D eigenvalue weighted by Gasteiger charge is 2.59. The van der Waals surface area contributed by atoms with Gasteiger partial charge in [-0.1, -0.05) is 18.2 Å². The van der Waals surface area contributed by atoms with E-state index in [9.17, 15) is 19.5 Å². The minimum Gasteiger partial charge on any atom is -0.462 e. The second-order valence-corrected chi connectivity index (χ2v) is 12.5. The summed E-state index contributed by atoms with van der Waals surface area (Å²) in [7, 11) is 0. The van der Waals surface area contributed by atoms with E-state index in [2.05, 4.69) is 5.09 Å². The van der Waals surface area contributed by atoms with E-state index in [4.69, 9.17) is 35.1 Å². The molecule has 3 rings (SSSR count). The Morgan fingerprint density at radius 2 is 1.87 bits per heavy atom. The van der Waals surface area contributed by atoms with Gasteiger partial charge in [0.2, 0.25) is 5.79 Å². The van der Waals surface area contributed by atoms with Crippen LogP contribution >= 0.6 is 6.64 Å². The average molecular weight is 590 g/mol. The van der Waals surface area contributed by atoms with Crippen molar-refractivity contribution in [2.45, 2.75) is 77.2 Å². The van der Waals surface area contributed by atoms with Crippen LogP contribution in [0.3, 0.4) is 0 Å². The molecule has 1 fully saturated rings. The van der Waals surface area contributed by atoms with Crippen LogP contribution in [0.1, 0.15) is 40.8 Å². The van der Waals surface area contributed by atoms with Gasteiger partial charge >= 0.3 is 18.3 Å². The molecular formula is C24H33FN3O9PS. The summed E-state index contributed by atoms with van der Waals surface area (Å²) in [5.41, 5.74) is -1.63. The number of carbonyl (C=O) groups excluding carboxylic acids is 1. The first-order chi connectivity index (χ1) is 18.2. The molecule has 6 unspecified atom stereocenters. The van der Waals surface area contributed by atoms with Gasteiger partial charge in [0, 0.05) is 12.3 Å². The molecule has 15 heteroatoms. The fraction of sp³-hybridized carbons (Fsp3) is 0.542.